The van der Waals surface area contributed by atoms with E-state index in [9.17, 15) is 0 Å². The van der Waals surface area contributed by atoms with Crippen molar-refractivity contribution < 1.29 is 0 Å². The summed E-state index contributed by atoms with van der Waals surface area (Å²) in [6.45, 7) is 4.00. The molecule has 0 fully saturated rings. The summed E-state index contributed by atoms with van der Waals surface area (Å²) in [5.41, 5.74) is 9.45. The van der Waals surface area contributed by atoms with Gasteiger partial charge in [-0.05, 0) is 30.3 Å². The minimum absolute atomic E-state index is 0.759. The number of hydrogen-bond donors (Lipinski definition) is 1. The van der Waals surface area contributed by atoms with E-state index in [0.29, 0.717) is 0 Å². The molecule has 0 spiro atoms. The average molecular weight is 280 g/mol. The van der Waals surface area contributed by atoms with Gasteiger partial charge in [0.05, 0.1) is 17.4 Å². The Labute approximate surface area is 125 Å². The highest BCUT2D eigenvalue weighted by Gasteiger charge is 2.08. The highest BCUT2D eigenvalue weighted by atomic mass is 15.2. The molecule has 0 saturated heterocycles. The van der Waals surface area contributed by atoms with E-state index in [-0.39, 0.29) is 0 Å². The predicted molar refractivity (Wildman–Crippen MR) is 89.8 cm³/mol. The van der Waals surface area contributed by atoms with Crippen LogP contribution in [0, 0.1) is 0 Å². The van der Waals surface area contributed by atoms with Crippen molar-refractivity contribution in [2.45, 2.75) is 13.8 Å². The summed E-state index contributed by atoms with van der Waals surface area (Å²) in [7, 11) is 2.01. The Morgan fingerprint density at radius 1 is 0.952 bits per heavy atom. The van der Waals surface area contributed by atoms with E-state index in [1.807, 2.05) is 69.4 Å². The van der Waals surface area contributed by atoms with Gasteiger partial charge in [-0.25, -0.2) is 0 Å². The van der Waals surface area contributed by atoms with Crippen LogP contribution < -0.4 is 10.6 Å². The quantitative estimate of drug-likeness (QED) is 0.721. The highest BCUT2D eigenvalue weighted by molar-refractivity contribution is 5.92. The van der Waals surface area contributed by atoms with Crippen LogP contribution in [0.25, 0.3) is 10.9 Å². The zero-order valence-corrected chi connectivity index (χ0v) is 12.6. The smallest absolute Gasteiger partial charge is 0.0950 e. The Bertz CT molecular complexity index is 702. The molecule has 0 aliphatic carbocycles. The first-order valence-electron chi connectivity index (χ1n) is 7.05. The molecule has 1 aromatic heterocycles. The van der Waals surface area contributed by atoms with Gasteiger partial charge in [-0.2, -0.15) is 10.2 Å². The van der Waals surface area contributed by atoms with Gasteiger partial charge in [0.1, 0.15) is 0 Å². The number of hydrogen-bond acceptors (Lipinski definition) is 4. The molecule has 4 heteroatoms. The van der Waals surface area contributed by atoms with Gasteiger partial charge in [-0.3, -0.25) is 0 Å². The van der Waals surface area contributed by atoms with E-state index in [1.54, 1.807) is 6.20 Å². The molecule has 21 heavy (non-hydrogen) atoms. The molecule has 4 nitrogen and oxygen atoms in total. The van der Waals surface area contributed by atoms with Crippen LogP contribution >= 0.6 is 0 Å². The minimum Gasteiger partial charge on any atom is -0.399 e. The standard InChI is InChI=1S/C15H14N4.C2H6/c1-19(12-8-6-11(16)7-9-12)15-10-17-18-14-5-3-2-4-13(14)15;1-2/h2-10H,16H2,1H3;1-2H3. The summed E-state index contributed by atoms with van der Waals surface area (Å²) in [5, 5.41) is 9.28. The monoisotopic (exact) mass is 280 g/mol. The molecule has 0 saturated carbocycles. The van der Waals surface area contributed by atoms with Crippen molar-refractivity contribution in [3.05, 3.63) is 54.7 Å². The maximum atomic E-state index is 5.72. The molecule has 0 radical (unpaired) electrons. The van der Waals surface area contributed by atoms with Crippen molar-refractivity contribution in [1.82, 2.24) is 10.2 Å². The van der Waals surface area contributed by atoms with Gasteiger partial charge in [0.15, 0.2) is 0 Å². The average Bonchev–Trinajstić information content (AvgIpc) is 2.56. The van der Waals surface area contributed by atoms with Crippen LogP contribution in [0.4, 0.5) is 17.1 Å². The molecule has 108 valence electrons. The van der Waals surface area contributed by atoms with Crippen molar-refractivity contribution in [1.29, 1.82) is 0 Å². The lowest BCUT2D eigenvalue weighted by Crippen LogP contribution is -2.10. The number of rotatable bonds is 2. The Balaban J connectivity index is 0.000000774. The number of aromatic nitrogens is 2. The summed E-state index contributed by atoms with van der Waals surface area (Å²) in [4.78, 5) is 2.08. The second-order valence-corrected chi connectivity index (χ2v) is 4.40. The molecule has 0 bridgehead atoms. The topological polar surface area (TPSA) is 55.0 Å². The molecule has 0 atom stereocenters. The summed E-state index contributed by atoms with van der Waals surface area (Å²) in [6.07, 6.45) is 1.78. The molecule has 2 aromatic carbocycles. The number of benzene rings is 2. The second kappa shape index (κ2) is 6.70. The van der Waals surface area contributed by atoms with E-state index in [2.05, 4.69) is 15.1 Å². The van der Waals surface area contributed by atoms with E-state index in [0.717, 1.165) is 28.0 Å². The van der Waals surface area contributed by atoms with Crippen LogP contribution in [-0.4, -0.2) is 17.2 Å². The fraction of sp³-hybridized carbons (Fsp3) is 0.176. The van der Waals surface area contributed by atoms with E-state index in [4.69, 9.17) is 5.73 Å². The van der Waals surface area contributed by atoms with Crippen LogP contribution in [0.2, 0.25) is 0 Å². The van der Waals surface area contributed by atoms with E-state index >= 15 is 0 Å². The summed E-state index contributed by atoms with van der Waals surface area (Å²) >= 11 is 0. The summed E-state index contributed by atoms with van der Waals surface area (Å²) in [5.74, 6) is 0. The number of anilines is 3. The van der Waals surface area contributed by atoms with Crippen molar-refractivity contribution in [3.63, 3.8) is 0 Å². The molecule has 0 aliphatic heterocycles. The lowest BCUT2D eigenvalue weighted by molar-refractivity contribution is 1.06. The SMILES string of the molecule is CC.CN(c1ccc(N)cc1)c1cnnc2ccccc12. The first kappa shape index (κ1) is 14.8. The Kier molecular flexibility index (Phi) is 4.72. The number of nitrogens with two attached hydrogens (primary N) is 1. The normalized spacial score (nSPS) is 9.86. The number of nitrogens with zero attached hydrogens (tertiary/aromatic N) is 3. The lowest BCUT2D eigenvalue weighted by Gasteiger charge is -2.20. The first-order valence-corrected chi connectivity index (χ1v) is 7.05. The third-order valence-corrected chi connectivity index (χ3v) is 3.17. The van der Waals surface area contributed by atoms with Gasteiger partial charge in [0.2, 0.25) is 0 Å². The fourth-order valence-corrected chi connectivity index (χ4v) is 2.10. The third kappa shape index (κ3) is 3.11. The molecule has 1 heterocycles. The van der Waals surface area contributed by atoms with Gasteiger partial charge in [0, 0.05) is 23.8 Å². The molecular weight excluding hydrogens is 260 g/mol. The lowest BCUT2D eigenvalue weighted by atomic mass is 10.2. The zero-order valence-electron chi connectivity index (χ0n) is 12.6. The minimum atomic E-state index is 0.759. The molecule has 0 aliphatic rings. The van der Waals surface area contributed by atoms with Crippen molar-refractivity contribution in [2.24, 2.45) is 0 Å². The number of nitrogen functional groups attached to an aromatic ring is 1. The maximum absolute atomic E-state index is 5.72. The second-order valence-electron chi connectivity index (χ2n) is 4.40. The first-order chi connectivity index (χ1) is 10.3. The van der Waals surface area contributed by atoms with Crippen LogP contribution in [0.5, 0.6) is 0 Å². The Morgan fingerprint density at radius 3 is 2.33 bits per heavy atom. The molecule has 3 rings (SSSR count). The van der Waals surface area contributed by atoms with Crippen molar-refractivity contribution in [2.75, 3.05) is 17.7 Å². The molecule has 0 unspecified atom stereocenters. The zero-order chi connectivity index (χ0) is 15.2. The highest BCUT2D eigenvalue weighted by Crippen LogP contribution is 2.29. The molecular formula is C17H20N4. The van der Waals surface area contributed by atoms with Gasteiger partial charge < -0.3 is 10.6 Å². The van der Waals surface area contributed by atoms with E-state index in [1.165, 1.54) is 0 Å². The van der Waals surface area contributed by atoms with Crippen molar-refractivity contribution >= 4 is 28.0 Å². The molecule has 2 N–H and O–H groups in total. The van der Waals surface area contributed by atoms with Crippen LogP contribution in [-0.2, 0) is 0 Å². The van der Waals surface area contributed by atoms with Crippen LogP contribution in [0.3, 0.4) is 0 Å². The molecule has 0 amide bonds. The Morgan fingerprint density at radius 2 is 1.62 bits per heavy atom. The number of fused-ring (bicyclic) bond motifs is 1. The molecule has 3 aromatic rings. The van der Waals surface area contributed by atoms with Gasteiger partial charge in [-0.15, -0.1) is 0 Å². The van der Waals surface area contributed by atoms with Crippen molar-refractivity contribution in [3.8, 4) is 0 Å². The Hall–Kier alpha value is -2.62. The van der Waals surface area contributed by atoms with Gasteiger partial charge in [0.25, 0.3) is 0 Å². The fourth-order valence-electron chi connectivity index (χ4n) is 2.10. The summed E-state index contributed by atoms with van der Waals surface area (Å²) in [6, 6.07) is 15.7. The largest absolute Gasteiger partial charge is 0.399 e. The van der Waals surface area contributed by atoms with Crippen LogP contribution in [0.1, 0.15) is 13.8 Å². The summed E-state index contributed by atoms with van der Waals surface area (Å²) < 4.78 is 0. The van der Waals surface area contributed by atoms with Gasteiger partial charge >= 0.3 is 0 Å². The van der Waals surface area contributed by atoms with Gasteiger partial charge in [-0.1, -0.05) is 32.0 Å². The van der Waals surface area contributed by atoms with Crippen LogP contribution in [0.15, 0.2) is 54.7 Å². The maximum Gasteiger partial charge on any atom is 0.0950 e. The van der Waals surface area contributed by atoms with E-state index < -0.39 is 0 Å². The predicted octanol–water partition coefficient (Wildman–Crippen LogP) is 4.01. The third-order valence-electron chi connectivity index (χ3n) is 3.17.